The molecule has 0 spiro atoms. The minimum atomic E-state index is -0.454. The Morgan fingerprint density at radius 2 is 2.05 bits per heavy atom. The number of benzene rings is 1. The minimum Gasteiger partial charge on any atom is -0.496 e. The fraction of sp³-hybridized carbons (Fsp3) is 0.400. The Hall–Kier alpha value is -2.37. The van der Waals surface area contributed by atoms with Crippen LogP contribution in [0.15, 0.2) is 24.3 Å². The second kappa shape index (κ2) is 6.88. The predicted octanol–water partition coefficient (Wildman–Crippen LogP) is 2.07. The second-order valence-corrected chi connectivity index (χ2v) is 4.60. The first-order valence-electron chi connectivity index (χ1n) is 6.83. The van der Waals surface area contributed by atoms with Crippen LogP contribution in [0.5, 0.6) is 5.75 Å². The van der Waals surface area contributed by atoms with E-state index in [2.05, 4.69) is 10.3 Å². The van der Waals surface area contributed by atoms with Crippen molar-refractivity contribution >= 4 is 5.97 Å². The van der Waals surface area contributed by atoms with Gasteiger partial charge in [-0.3, -0.25) is 0 Å². The van der Waals surface area contributed by atoms with Crippen molar-refractivity contribution in [2.75, 3.05) is 14.2 Å². The molecule has 0 aliphatic heterocycles. The maximum absolute atomic E-state index is 11.7. The van der Waals surface area contributed by atoms with Crippen LogP contribution in [0, 0.1) is 0 Å². The smallest absolute Gasteiger partial charge is 0.360 e. The van der Waals surface area contributed by atoms with Crippen molar-refractivity contribution in [2.24, 2.45) is 0 Å². The molecule has 0 aliphatic carbocycles. The first kappa shape index (κ1) is 15.0. The number of hydrogen-bond donors (Lipinski definition) is 0. The predicted molar refractivity (Wildman–Crippen MR) is 77.5 cm³/mol. The summed E-state index contributed by atoms with van der Waals surface area (Å²) in [5.41, 5.74) is 2.06. The number of methoxy groups -OCH3 is 2. The van der Waals surface area contributed by atoms with Gasteiger partial charge in [0.15, 0.2) is 5.69 Å². The fourth-order valence-electron chi connectivity index (χ4n) is 2.19. The molecule has 1 aromatic heterocycles. The molecule has 0 amide bonds. The lowest BCUT2D eigenvalue weighted by Gasteiger charge is -2.10. The summed E-state index contributed by atoms with van der Waals surface area (Å²) in [6.45, 7) is 2.55. The summed E-state index contributed by atoms with van der Waals surface area (Å²) in [5, 5.41) is 8.04. The van der Waals surface area contributed by atoms with Gasteiger partial charge in [0.1, 0.15) is 5.75 Å². The third-order valence-corrected chi connectivity index (χ3v) is 3.22. The number of esters is 1. The molecule has 0 bridgehead atoms. The van der Waals surface area contributed by atoms with Crippen molar-refractivity contribution < 1.29 is 14.3 Å². The van der Waals surface area contributed by atoms with Crippen molar-refractivity contribution in [3.05, 3.63) is 41.2 Å². The van der Waals surface area contributed by atoms with Gasteiger partial charge in [-0.1, -0.05) is 36.8 Å². The molecule has 6 heteroatoms. The maximum Gasteiger partial charge on any atom is 0.360 e. The average molecular weight is 289 g/mol. The van der Waals surface area contributed by atoms with Crippen LogP contribution in [0.1, 0.15) is 35.1 Å². The van der Waals surface area contributed by atoms with Crippen LogP contribution in [-0.2, 0) is 17.7 Å². The van der Waals surface area contributed by atoms with Crippen LogP contribution in [0.4, 0.5) is 0 Å². The van der Waals surface area contributed by atoms with Gasteiger partial charge < -0.3 is 9.47 Å². The molecule has 112 valence electrons. The van der Waals surface area contributed by atoms with Crippen LogP contribution in [0.3, 0.4) is 0 Å². The summed E-state index contributed by atoms with van der Waals surface area (Å²) >= 11 is 0. The number of para-hydroxylation sites is 1. The third kappa shape index (κ3) is 3.21. The van der Waals surface area contributed by atoms with Crippen LogP contribution in [-0.4, -0.2) is 35.2 Å². The summed E-state index contributed by atoms with van der Waals surface area (Å²) in [4.78, 5) is 11.7. The summed E-state index contributed by atoms with van der Waals surface area (Å²) in [6.07, 6.45) is 1.61. The van der Waals surface area contributed by atoms with Gasteiger partial charge >= 0.3 is 5.97 Å². The third-order valence-electron chi connectivity index (χ3n) is 3.22. The first-order valence-corrected chi connectivity index (χ1v) is 6.83. The largest absolute Gasteiger partial charge is 0.496 e. The highest BCUT2D eigenvalue weighted by Crippen LogP contribution is 2.20. The Morgan fingerprint density at radius 3 is 2.71 bits per heavy atom. The standard InChI is InChI=1S/C15H19N3O3/c1-4-7-12-14(15(19)21-3)16-17-18(12)10-11-8-5-6-9-13(11)20-2/h5-6,8-9H,4,7,10H2,1-3H3. The quantitative estimate of drug-likeness (QED) is 0.762. The van der Waals surface area contributed by atoms with E-state index in [1.807, 2.05) is 31.2 Å². The molecule has 2 aromatic rings. The van der Waals surface area contributed by atoms with E-state index in [4.69, 9.17) is 9.47 Å². The number of aromatic nitrogens is 3. The molecule has 6 nitrogen and oxygen atoms in total. The normalized spacial score (nSPS) is 10.4. The Morgan fingerprint density at radius 1 is 1.29 bits per heavy atom. The van der Waals surface area contributed by atoms with Gasteiger partial charge in [0.05, 0.1) is 26.5 Å². The van der Waals surface area contributed by atoms with Crippen LogP contribution in [0.2, 0.25) is 0 Å². The number of carbonyl (C=O) groups is 1. The Labute approximate surface area is 123 Å². The molecule has 0 atom stereocenters. The highest BCUT2D eigenvalue weighted by Gasteiger charge is 2.20. The fourth-order valence-corrected chi connectivity index (χ4v) is 2.19. The molecular weight excluding hydrogens is 270 g/mol. The van der Waals surface area contributed by atoms with Crippen molar-refractivity contribution in [3.63, 3.8) is 0 Å². The number of rotatable bonds is 6. The lowest BCUT2D eigenvalue weighted by molar-refractivity contribution is 0.0592. The molecule has 1 aromatic carbocycles. The van der Waals surface area contributed by atoms with Crippen LogP contribution < -0.4 is 4.74 Å². The molecule has 0 radical (unpaired) electrons. The number of carbonyl (C=O) groups excluding carboxylic acids is 1. The maximum atomic E-state index is 11.7. The van der Waals surface area contributed by atoms with E-state index in [9.17, 15) is 4.79 Å². The molecular formula is C15H19N3O3. The van der Waals surface area contributed by atoms with Crippen molar-refractivity contribution in [1.29, 1.82) is 0 Å². The highest BCUT2D eigenvalue weighted by molar-refractivity contribution is 5.88. The molecule has 0 aliphatic rings. The zero-order valence-electron chi connectivity index (χ0n) is 12.5. The minimum absolute atomic E-state index is 0.286. The molecule has 1 heterocycles. The molecule has 0 saturated carbocycles. The van der Waals surface area contributed by atoms with Crippen molar-refractivity contribution in [2.45, 2.75) is 26.3 Å². The molecule has 21 heavy (non-hydrogen) atoms. The summed E-state index contributed by atoms with van der Waals surface area (Å²) in [5.74, 6) is 0.333. The summed E-state index contributed by atoms with van der Waals surface area (Å²) < 4.78 is 11.8. The average Bonchev–Trinajstić information content (AvgIpc) is 2.90. The highest BCUT2D eigenvalue weighted by atomic mass is 16.5. The monoisotopic (exact) mass is 289 g/mol. The zero-order valence-corrected chi connectivity index (χ0v) is 12.5. The molecule has 0 fully saturated rings. The Kier molecular flexibility index (Phi) is 4.92. The number of nitrogens with zero attached hydrogens (tertiary/aromatic N) is 3. The van der Waals surface area contributed by atoms with Gasteiger partial charge in [0.25, 0.3) is 0 Å². The zero-order chi connectivity index (χ0) is 15.2. The van der Waals surface area contributed by atoms with E-state index in [0.29, 0.717) is 13.0 Å². The summed E-state index contributed by atoms with van der Waals surface area (Å²) in [6, 6.07) is 7.72. The van der Waals surface area contributed by atoms with Gasteiger partial charge in [0.2, 0.25) is 0 Å². The van der Waals surface area contributed by atoms with Gasteiger partial charge in [-0.15, -0.1) is 5.10 Å². The topological polar surface area (TPSA) is 66.2 Å². The van der Waals surface area contributed by atoms with E-state index in [1.54, 1.807) is 11.8 Å². The van der Waals surface area contributed by atoms with Crippen LogP contribution >= 0.6 is 0 Å². The van der Waals surface area contributed by atoms with E-state index < -0.39 is 5.97 Å². The Balaban J connectivity index is 2.35. The van der Waals surface area contributed by atoms with E-state index in [-0.39, 0.29) is 5.69 Å². The second-order valence-electron chi connectivity index (χ2n) is 4.60. The lowest BCUT2D eigenvalue weighted by atomic mass is 10.1. The van der Waals surface area contributed by atoms with Crippen molar-refractivity contribution in [3.8, 4) is 5.75 Å². The number of hydrogen-bond acceptors (Lipinski definition) is 5. The number of ether oxygens (including phenoxy) is 2. The van der Waals surface area contributed by atoms with Gasteiger partial charge in [-0.2, -0.15) is 0 Å². The van der Waals surface area contributed by atoms with Crippen LogP contribution in [0.25, 0.3) is 0 Å². The van der Waals surface area contributed by atoms with E-state index in [1.165, 1.54) is 7.11 Å². The van der Waals surface area contributed by atoms with Gasteiger partial charge in [-0.25, -0.2) is 9.48 Å². The SMILES string of the molecule is CCCc1c(C(=O)OC)nnn1Cc1ccccc1OC. The first-order chi connectivity index (χ1) is 10.2. The molecule has 0 N–H and O–H groups in total. The lowest BCUT2D eigenvalue weighted by Crippen LogP contribution is -2.11. The molecule has 2 rings (SSSR count). The van der Waals surface area contributed by atoms with E-state index in [0.717, 1.165) is 23.4 Å². The molecule has 0 unspecified atom stereocenters. The van der Waals surface area contributed by atoms with Crippen molar-refractivity contribution in [1.82, 2.24) is 15.0 Å². The van der Waals surface area contributed by atoms with E-state index >= 15 is 0 Å². The Bertz CT molecular complexity index is 622. The van der Waals surface area contributed by atoms with Gasteiger partial charge in [0, 0.05) is 5.56 Å². The molecule has 0 saturated heterocycles. The summed E-state index contributed by atoms with van der Waals surface area (Å²) in [7, 11) is 2.98. The van der Waals surface area contributed by atoms with Gasteiger partial charge in [-0.05, 0) is 12.5 Å².